The molecule has 5 heteroatoms. The van der Waals surface area contributed by atoms with Gasteiger partial charge >= 0.3 is 6.09 Å². The molecule has 3 atom stereocenters. The predicted octanol–water partition coefficient (Wildman–Crippen LogP) is 3.08. The van der Waals surface area contributed by atoms with Crippen LogP contribution in [0.2, 0.25) is 0 Å². The molecule has 1 saturated carbocycles. The lowest BCUT2D eigenvalue weighted by atomic mass is 10.0. The van der Waals surface area contributed by atoms with Crippen LogP contribution in [0.15, 0.2) is 0 Å². The van der Waals surface area contributed by atoms with Crippen molar-refractivity contribution in [2.45, 2.75) is 77.5 Å². The van der Waals surface area contributed by atoms with Crippen LogP contribution in [0.5, 0.6) is 0 Å². The topological polar surface area (TPSA) is 59.6 Å². The van der Waals surface area contributed by atoms with Crippen molar-refractivity contribution in [2.75, 3.05) is 20.3 Å². The minimum atomic E-state index is -0.454. The van der Waals surface area contributed by atoms with Crippen molar-refractivity contribution in [3.05, 3.63) is 0 Å². The number of amides is 1. The first-order valence-electron chi connectivity index (χ1n) is 8.53. The first kappa shape index (κ1) is 19.2. The Morgan fingerprint density at radius 3 is 2.41 bits per heavy atom. The van der Waals surface area contributed by atoms with Crippen molar-refractivity contribution in [2.24, 2.45) is 5.92 Å². The second kappa shape index (κ2) is 9.36. The number of carbonyl (C=O) groups is 1. The number of alkyl carbamates (subject to hydrolysis) is 1. The Morgan fingerprint density at radius 1 is 1.18 bits per heavy atom. The van der Waals surface area contributed by atoms with Gasteiger partial charge in [-0.1, -0.05) is 26.2 Å². The molecule has 0 saturated heterocycles. The average Bonchev–Trinajstić information content (AvgIpc) is 2.60. The molecular weight excluding hydrogens is 280 g/mol. The first-order valence-corrected chi connectivity index (χ1v) is 8.53. The van der Waals surface area contributed by atoms with E-state index in [-0.39, 0.29) is 12.1 Å². The molecular formula is C17H34N2O3. The van der Waals surface area contributed by atoms with Crippen LogP contribution in [-0.2, 0) is 9.47 Å². The molecule has 0 spiro atoms. The van der Waals surface area contributed by atoms with Crippen molar-refractivity contribution in [1.29, 1.82) is 0 Å². The van der Waals surface area contributed by atoms with E-state index < -0.39 is 5.60 Å². The predicted molar refractivity (Wildman–Crippen MR) is 89.1 cm³/mol. The number of carbonyl (C=O) groups excluding carboxylic acids is 1. The third-order valence-electron chi connectivity index (χ3n) is 3.90. The van der Waals surface area contributed by atoms with E-state index in [0.29, 0.717) is 12.0 Å². The van der Waals surface area contributed by atoms with Crippen LogP contribution in [0.3, 0.4) is 0 Å². The first-order chi connectivity index (χ1) is 10.3. The van der Waals surface area contributed by atoms with E-state index >= 15 is 0 Å². The van der Waals surface area contributed by atoms with Gasteiger partial charge in [-0.05, 0) is 39.5 Å². The Balaban J connectivity index is 2.52. The molecule has 1 amide bonds. The van der Waals surface area contributed by atoms with E-state index in [1.807, 2.05) is 20.8 Å². The maximum absolute atomic E-state index is 12.0. The Morgan fingerprint density at radius 2 is 1.82 bits per heavy atom. The van der Waals surface area contributed by atoms with Crippen molar-refractivity contribution in [1.82, 2.24) is 10.6 Å². The summed E-state index contributed by atoms with van der Waals surface area (Å²) in [6.07, 6.45) is 5.40. The Kier molecular flexibility index (Phi) is 8.18. The molecule has 2 N–H and O–H groups in total. The zero-order valence-electron chi connectivity index (χ0n) is 14.9. The summed E-state index contributed by atoms with van der Waals surface area (Å²) in [6, 6.07) is 0.460. The molecule has 5 nitrogen and oxygen atoms in total. The van der Waals surface area contributed by atoms with Gasteiger partial charge in [-0.3, -0.25) is 0 Å². The highest BCUT2D eigenvalue weighted by atomic mass is 16.6. The van der Waals surface area contributed by atoms with Crippen LogP contribution in [0.4, 0.5) is 4.79 Å². The molecule has 0 aromatic heterocycles. The monoisotopic (exact) mass is 314 g/mol. The van der Waals surface area contributed by atoms with Gasteiger partial charge in [-0.15, -0.1) is 0 Å². The number of rotatable bonds is 6. The second-order valence-electron chi connectivity index (χ2n) is 7.47. The fourth-order valence-electron chi connectivity index (χ4n) is 2.88. The lowest BCUT2D eigenvalue weighted by molar-refractivity contribution is 0.0488. The molecule has 3 unspecified atom stereocenters. The number of ether oxygens (including phenoxy) is 2. The molecule has 1 fully saturated rings. The zero-order valence-corrected chi connectivity index (χ0v) is 14.9. The number of hydrogen-bond donors (Lipinski definition) is 2. The fraction of sp³-hybridized carbons (Fsp3) is 0.941. The molecule has 0 bridgehead atoms. The summed E-state index contributed by atoms with van der Waals surface area (Å²) in [6.45, 7) is 9.50. The summed E-state index contributed by atoms with van der Waals surface area (Å²) in [5.74, 6) is 0.468. The highest BCUT2D eigenvalue weighted by molar-refractivity contribution is 5.68. The molecule has 1 aliphatic carbocycles. The smallest absolute Gasteiger partial charge is 0.407 e. The summed E-state index contributed by atoms with van der Waals surface area (Å²) in [5.41, 5.74) is -0.454. The van der Waals surface area contributed by atoms with Crippen LogP contribution in [0.1, 0.15) is 59.8 Å². The van der Waals surface area contributed by atoms with Crippen LogP contribution < -0.4 is 10.6 Å². The SMILES string of the molecule is COCC(C)CNC1CCCCCC1NC(=O)OC(C)(C)C. The minimum Gasteiger partial charge on any atom is -0.444 e. The lowest BCUT2D eigenvalue weighted by Gasteiger charge is -2.29. The second-order valence-corrected chi connectivity index (χ2v) is 7.47. The van der Waals surface area contributed by atoms with Gasteiger partial charge in [0.1, 0.15) is 5.60 Å². The molecule has 130 valence electrons. The van der Waals surface area contributed by atoms with Crippen molar-refractivity contribution >= 4 is 6.09 Å². The molecule has 1 aliphatic rings. The van der Waals surface area contributed by atoms with Crippen LogP contribution in [0, 0.1) is 5.92 Å². The highest BCUT2D eigenvalue weighted by Crippen LogP contribution is 2.19. The highest BCUT2D eigenvalue weighted by Gasteiger charge is 2.27. The fourth-order valence-corrected chi connectivity index (χ4v) is 2.88. The zero-order chi connectivity index (χ0) is 16.6. The van der Waals surface area contributed by atoms with E-state index in [2.05, 4.69) is 17.6 Å². The number of methoxy groups -OCH3 is 1. The third kappa shape index (κ3) is 7.99. The van der Waals surface area contributed by atoms with Crippen LogP contribution in [-0.4, -0.2) is 44.0 Å². The summed E-state index contributed by atoms with van der Waals surface area (Å²) in [4.78, 5) is 12.0. The van der Waals surface area contributed by atoms with Crippen molar-refractivity contribution in [3.8, 4) is 0 Å². The average molecular weight is 314 g/mol. The quantitative estimate of drug-likeness (QED) is 0.740. The van der Waals surface area contributed by atoms with E-state index in [0.717, 1.165) is 32.4 Å². The Hall–Kier alpha value is -0.810. The standard InChI is InChI=1S/C17H34N2O3/c1-13(12-21-5)11-18-14-9-7-6-8-10-15(14)19-16(20)22-17(2,3)4/h13-15,18H,6-12H2,1-5H3,(H,19,20). The summed E-state index contributed by atoms with van der Waals surface area (Å²) in [5, 5.41) is 6.68. The van der Waals surface area contributed by atoms with Crippen LogP contribution >= 0.6 is 0 Å². The molecule has 0 aromatic carbocycles. The van der Waals surface area contributed by atoms with Gasteiger partial charge in [0, 0.05) is 32.3 Å². The molecule has 0 heterocycles. The van der Waals surface area contributed by atoms with Gasteiger partial charge in [0.2, 0.25) is 0 Å². The van der Waals surface area contributed by atoms with E-state index in [1.54, 1.807) is 7.11 Å². The maximum Gasteiger partial charge on any atom is 0.407 e. The van der Waals surface area contributed by atoms with Gasteiger partial charge in [-0.25, -0.2) is 4.79 Å². The normalized spacial score (nSPS) is 24.4. The molecule has 0 aliphatic heterocycles. The summed E-state index contributed by atoms with van der Waals surface area (Å²) in [7, 11) is 1.73. The maximum atomic E-state index is 12.0. The van der Waals surface area contributed by atoms with Gasteiger partial charge < -0.3 is 20.1 Å². The van der Waals surface area contributed by atoms with Crippen molar-refractivity contribution < 1.29 is 14.3 Å². The number of hydrogen-bond acceptors (Lipinski definition) is 4. The van der Waals surface area contributed by atoms with Gasteiger partial charge in [0.15, 0.2) is 0 Å². The number of nitrogens with one attached hydrogen (secondary N) is 2. The molecule has 0 aromatic rings. The van der Waals surface area contributed by atoms with Crippen molar-refractivity contribution in [3.63, 3.8) is 0 Å². The summed E-state index contributed by atoms with van der Waals surface area (Å²) >= 11 is 0. The van der Waals surface area contributed by atoms with Gasteiger partial charge in [0.05, 0.1) is 0 Å². The van der Waals surface area contributed by atoms with Gasteiger partial charge in [0.25, 0.3) is 0 Å². The molecule has 0 radical (unpaired) electrons. The van der Waals surface area contributed by atoms with E-state index in [4.69, 9.17) is 9.47 Å². The lowest BCUT2D eigenvalue weighted by Crippen LogP contribution is -2.51. The summed E-state index contributed by atoms with van der Waals surface area (Å²) < 4.78 is 10.6. The molecule has 1 rings (SSSR count). The minimum absolute atomic E-state index is 0.145. The van der Waals surface area contributed by atoms with E-state index in [9.17, 15) is 4.79 Å². The third-order valence-corrected chi connectivity index (χ3v) is 3.90. The van der Waals surface area contributed by atoms with E-state index in [1.165, 1.54) is 12.8 Å². The van der Waals surface area contributed by atoms with Crippen LogP contribution in [0.25, 0.3) is 0 Å². The molecule has 22 heavy (non-hydrogen) atoms. The Labute approximate surface area is 135 Å². The van der Waals surface area contributed by atoms with Gasteiger partial charge in [-0.2, -0.15) is 0 Å². The largest absolute Gasteiger partial charge is 0.444 e. The Bertz CT molecular complexity index is 328.